The molecule has 0 saturated carbocycles. The predicted octanol–water partition coefficient (Wildman–Crippen LogP) is 2.84. The molecule has 1 atom stereocenters. The van der Waals surface area contributed by atoms with Gasteiger partial charge in [0.05, 0.1) is 25.5 Å². The molecule has 0 spiro atoms. The van der Waals surface area contributed by atoms with Crippen LogP contribution in [0.2, 0.25) is 0 Å². The highest BCUT2D eigenvalue weighted by molar-refractivity contribution is 5.97. The molecular weight excluding hydrogens is 362 g/mol. The Morgan fingerprint density at radius 3 is 2.71 bits per heavy atom. The van der Waals surface area contributed by atoms with Crippen LogP contribution in [0.25, 0.3) is 0 Å². The number of hydrogen-bond acceptors (Lipinski definition) is 7. The monoisotopic (exact) mass is 381 g/mol. The fourth-order valence-electron chi connectivity index (χ4n) is 3.96. The number of carbonyl (C=O) groups is 1. The Labute approximate surface area is 161 Å². The second-order valence-electron chi connectivity index (χ2n) is 6.73. The normalized spacial score (nSPS) is 19.4. The molecule has 7 nitrogen and oxygen atoms in total. The average Bonchev–Trinajstić information content (AvgIpc) is 3.11. The van der Waals surface area contributed by atoms with Gasteiger partial charge in [-0.2, -0.15) is 0 Å². The van der Waals surface area contributed by atoms with Crippen LogP contribution >= 0.6 is 0 Å². The van der Waals surface area contributed by atoms with E-state index >= 15 is 0 Å². The highest BCUT2D eigenvalue weighted by atomic mass is 16.6. The van der Waals surface area contributed by atoms with Crippen LogP contribution in [0.5, 0.6) is 23.0 Å². The summed E-state index contributed by atoms with van der Waals surface area (Å²) in [6.07, 6.45) is 0. The third-order valence-electron chi connectivity index (χ3n) is 5.22. The summed E-state index contributed by atoms with van der Waals surface area (Å²) in [6, 6.07) is 9.58. The van der Waals surface area contributed by atoms with Crippen LogP contribution in [-0.4, -0.2) is 40.0 Å². The van der Waals surface area contributed by atoms with Crippen molar-refractivity contribution in [1.82, 2.24) is 0 Å². The van der Waals surface area contributed by atoms with Crippen molar-refractivity contribution in [3.05, 3.63) is 52.7 Å². The van der Waals surface area contributed by atoms with E-state index in [9.17, 15) is 4.79 Å². The lowest BCUT2D eigenvalue weighted by atomic mass is 9.81. The van der Waals surface area contributed by atoms with Gasteiger partial charge in [0, 0.05) is 17.7 Å². The minimum atomic E-state index is -0.317. The van der Waals surface area contributed by atoms with E-state index in [2.05, 4.69) is 5.32 Å². The molecular formula is C21H19NO6. The van der Waals surface area contributed by atoms with Crippen molar-refractivity contribution >= 4 is 11.7 Å². The van der Waals surface area contributed by atoms with Gasteiger partial charge in [-0.25, -0.2) is 4.79 Å². The summed E-state index contributed by atoms with van der Waals surface area (Å²) in [5.41, 5.74) is 4.09. The summed E-state index contributed by atoms with van der Waals surface area (Å²) in [5, 5.41) is 3.32. The van der Waals surface area contributed by atoms with Gasteiger partial charge >= 0.3 is 5.97 Å². The van der Waals surface area contributed by atoms with Gasteiger partial charge in [0.1, 0.15) is 25.6 Å². The third kappa shape index (κ3) is 2.46. The Morgan fingerprint density at radius 1 is 1.04 bits per heavy atom. The molecule has 28 heavy (non-hydrogen) atoms. The first kappa shape index (κ1) is 16.8. The molecule has 0 aliphatic carbocycles. The van der Waals surface area contributed by atoms with Crippen LogP contribution in [0.3, 0.4) is 0 Å². The zero-order chi connectivity index (χ0) is 19.3. The second kappa shape index (κ2) is 6.37. The number of esters is 1. The van der Waals surface area contributed by atoms with Crippen molar-refractivity contribution in [2.75, 3.05) is 39.4 Å². The molecule has 0 radical (unpaired) electrons. The summed E-state index contributed by atoms with van der Waals surface area (Å²) in [4.78, 5) is 12.5. The molecule has 0 bridgehead atoms. The molecule has 3 aliphatic heterocycles. The summed E-state index contributed by atoms with van der Waals surface area (Å²) >= 11 is 0. The molecule has 0 aromatic heterocycles. The lowest BCUT2D eigenvalue weighted by molar-refractivity contribution is -0.136. The van der Waals surface area contributed by atoms with Gasteiger partial charge in [-0.15, -0.1) is 0 Å². The van der Waals surface area contributed by atoms with Gasteiger partial charge in [-0.05, 0) is 29.3 Å². The quantitative estimate of drug-likeness (QED) is 0.820. The Bertz CT molecular complexity index is 995. The maximum atomic E-state index is 12.5. The van der Waals surface area contributed by atoms with Crippen LogP contribution in [0.1, 0.15) is 17.0 Å². The number of ether oxygens (including phenoxy) is 5. The van der Waals surface area contributed by atoms with E-state index in [-0.39, 0.29) is 18.5 Å². The third-order valence-corrected chi connectivity index (χ3v) is 5.22. The van der Waals surface area contributed by atoms with Gasteiger partial charge in [0.25, 0.3) is 0 Å². The lowest BCUT2D eigenvalue weighted by Gasteiger charge is -2.29. The molecule has 0 unspecified atom stereocenters. The zero-order valence-corrected chi connectivity index (χ0v) is 15.5. The van der Waals surface area contributed by atoms with E-state index in [1.807, 2.05) is 30.3 Å². The molecule has 0 fully saturated rings. The number of carbonyl (C=O) groups excluding carboxylic acids is 1. The largest absolute Gasteiger partial charge is 0.497 e. The van der Waals surface area contributed by atoms with Crippen molar-refractivity contribution in [1.29, 1.82) is 0 Å². The highest BCUT2D eigenvalue weighted by Crippen LogP contribution is 2.49. The highest BCUT2D eigenvalue weighted by Gasteiger charge is 2.39. The minimum absolute atomic E-state index is 0.225. The average molecular weight is 381 g/mol. The fraction of sp³-hybridized carbons (Fsp3) is 0.286. The van der Waals surface area contributed by atoms with Crippen molar-refractivity contribution in [3.8, 4) is 23.0 Å². The topological polar surface area (TPSA) is 75.3 Å². The van der Waals surface area contributed by atoms with Crippen molar-refractivity contribution < 1.29 is 28.5 Å². The van der Waals surface area contributed by atoms with Gasteiger partial charge in [-0.1, -0.05) is 6.07 Å². The standard InChI is InChI=1S/C21H19NO6/c1-24-12-3-4-13-14(9-12)22-15-10-28-21(23)19(15)18(13)11-7-16(25-2)20-17(8-11)26-5-6-27-20/h3-4,7-9,18,22H,5-6,10H2,1-2H3/t18-/m0/s1. The van der Waals surface area contributed by atoms with Crippen molar-refractivity contribution in [2.24, 2.45) is 0 Å². The molecule has 3 aliphatic rings. The van der Waals surface area contributed by atoms with Crippen LogP contribution in [0.4, 0.5) is 5.69 Å². The number of hydrogen-bond donors (Lipinski definition) is 1. The van der Waals surface area contributed by atoms with Crippen molar-refractivity contribution in [2.45, 2.75) is 5.92 Å². The van der Waals surface area contributed by atoms with Gasteiger partial charge < -0.3 is 29.0 Å². The molecule has 144 valence electrons. The first-order chi connectivity index (χ1) is 13.7. The summed E-state index contributed by atoms with van der Waals surface area (Å²) < 4.78 is 27.7. The van der Waals surface area contributed by atoms with Crippen LogP contribution in [0.15, 0.2) is 41.6 Å². The number of cyclic esters (lactones) is 1. The molecule has 5 rings (SSSR count). The van der Waals surface area contributed by atoms with Crippen LogP contribution in [-0.2, 0) is 9.53 Å². The molecule has 2 aromatic rings. The number of methoxy groups -OCH3 is 2. The second-order valence-corrected chi connectivity index (χ2v) is 6.73. The molecule has 2 aromatic carbocycles. The maximum Gasteiger partial charge on any atom is 0.337 e. The molecule has 3 heterocycles. The van der Waals surface area contributed by atoms with Gasteiger partial charge in [0.2, 0.25) is 5.75 Å². The summed E-state index contributed by atoms with van der Waals surface area (Å²) in [6.45, 7) is 1.17. The zero-order valence-electron chi connectivity index (χ0n) is 15.5. The first-order valence-electron chi connectivity index (χ1n) is 9.02. The van der Waals surface area contributed by atoms with E-state index in [4.69, 9.17) is 23.7 Å². The first-order valence-corrected chi connectivity index (χ1v) is 9.02. The van der Waals surface area contributed by atoms with Gasteiger partial charge in [-0.3, -0.25) is 0 Å². The van der Waals surface area contributed by atoms with E-state index in [0.29, 0.717) is 36.0 Å². The summed E-state index contributed by atoms with van der Waals surface area (Å²) in [7, 11) is 3.22. The van der Waals surface area contributed by atoms with E-state index in [1.54, 1.807) is 14.2 Å². The smallest absolute Gasteiger partial charge is 0.337 e. The molecule has 0 amide bonds. The molecule has 1 N–H and O–H groups in total. The van der Waals surface area contributed by atoms with E-state index in [0.717, 1.165) is 28.3 Å². The Kier molecular flexibility index (Phi) is 3.82. The van der Waals surface area contributed by atoms with E-state index < -0.39 is 0 Å². The Morgan fingerprint density at radius 2 is 1.89 bits per heavy atom. The Balaban J connectivity index is 1.71. The van der Waals surface area contributed by atoms with Crippen LogP contribution < -0.4 is 24.3 Å². The molecule has 7 heteroatoms. The number of anilines is 1. The fourth-order valence-corrected chi connectivity index (χ4v) is 3.96. The number of fused-ring (bicyclic) bond motifs is 2. The maximum absolute atomic E-state index is 12.5. The predicted molar refractivity (Wildman–Crippen MR) is 100 cm³/mol. The SMILES string of the molecule is COc1ccc2c(c1)NC1=C(C(=O)OC1)[C@H]2c1cc(OC)c2c(c1)OCCO2. The number of benzene rings is 2. The summed E-state index contributed by atoms with van der Waals surface area (Å²) in [5.74, 6) is 1.89. The number of rotatable bonds is 3. The number of nitrogens with one attached hydrogen (secondary N) is 1. The van der Waals surface area contributed by atoms with E-state index in [1.165, 1.54) is 0 Å². The van der Waals surface area contributed by atoms with Gasteiger partial charge in [0.15, 0.2) is 11.5 Å². The Hall–Kier alpha value is -3.35. The lowest BCUT2D eigenvalue weighted by Crippen LogP contribution is -2.21. The minimum Gasteiger partial charge on any atom is -0.497 e. The van der Waals surface area contributed by atoms with Crippen LogP contribution in [0, 0.1) is 0 Å². The van der Waals surface area contributed by atoms with Crippen molar-refractivity contribution in [3.63, 3.8) is 0 Å². The molecule has 0 saturated heterocycles.